The number of aliphatic hydroxyl groups excluding tert-OH is 30. The maximum Gasteiger partial charge on any atom is 0.364 e. The lowest BCUT2D eigenvalue weighted by atomic mass is 9.88. The van der Waals surface area contributed by atoms with E-state index in [4.69, 9.17) is 94.7 Å². The fourth-order valence-electron chi connectivity index (χ4n) is 18.0. The van der Waals surface area contributed by atoms with Gasteiger partial charge in [0.05, 0.1) is 96.5 Å². The fraction of sp³-hybridized carbons (Fsp3) is 0.924. The Labute approximate surface area is 799 Å². The van der Waals surface area contributed by atoms with Crippen LogP contribution in [0.4, 0.5) is 0 Å². The predicted molar refractivity (Wildman–Crippen MR) is 437 cm³/mol. The van der Waals surface area contributed by atoms with Crippen molar-refractivity contribution in [1.29, 1.82) is 0 Å². The molecule has 62 heteroatoms. The SMILES string of the molecule is CC(=O)N[C@H]1[C@H](OC[C@@H](O)[C@H](O)[C@H](O[C@@H]2O[C@H](CO)[C@H](O)[C@H](O[C@]3(C(=O)O)C[C@H](O)[C@@H](NC(C)=O)[C@H]([C@H](O)[C@H](O)CO)O3)[C@H]2O)[C@H](CO)NC(C)=O)O[C@H](CO)[C@@H](O[C@@H]2O[C@H](CO)[C@H](O)[C@H](O[C@@H]3O[C@H](CO)[C@@H](O[C@@H]4O[C@H](CO)[C@H](O)[C@H](O[C@@H]5O[C@H](CO)[C@@H](O[C@@H]6O[C@@H](C)[C@@H](O)[C@@H](O)[C@@H]6O)[C@H](O[C@@H]6O[C@H](CO)[C@H](O)[C@H](O)[C@H]6O[C@@H]6O[C@@H](C)[C@@H](O)[C@@H](O)[C@@H]6O)[C@H]5NC(C)=O)[C@H]4O)[C@H](O)[C@H]3NC(C)=O)[C@H]2O)[C@@H]1O. The number of carbonyl (C=O) groups excluding carboxylic acids is 5. The van der Waals surface area contributed by atoms with Gasteiger partial charge in [0.1, 0.15) is 244 Å². The van der Waals surface area contributed by atoms with E-state index in [1.807, 2.05) is 0 Å². The Morgan fingerprint density at radius 1 is 0.333 bits per heavy atom. The van der Waals surface area contributed by atoms with Gasteiger partial charge in [0.2, 0.25) is 29.5 Å². The van der Waals surface area contributed by atoms with Gasteiger partial charge < -0.3 is 280 Å². The Balaban J connectivity index is 0.861. The fourth-order valence-corrected chi connectivity index (χ4v) is 18.0. The molecule has 5 amide bonds. The molecule has 0 unspecified atom stereocenters. The molecule has 10 aliphatic heterocycles. The smallest absolute Gasteiger partial charge is 0.364 e. The van der Waals surface area contributed by atoms with E-state index < -0.39 is 445 Å². The molecule has 10 heterocycles. The highest BCUT2D eigenvalue weighted by molar-refractivity contribution is 5.77. The van der Waals surface area contributed by atoms with Crippen LogP contribution in [0.1, 0.15) is 54.9 Å². The number of amides is 5. The van der Waals surface area contributed by atoms with E-state index in [1.165, 1.54) is 13.8 Å². The zero-order chi connectivity index (χ0) is 105. The first kappa shape index (κ1) is 118. The van der Waals surface area contributed by atoms with Crippen LogP contribution in [0.15, 0.2) is 0 Å². The lowest BCUT2D eigenvalue weighted by molar-refractivity contribution is -0.400. The summed E-state index contributed by atoms with van der Waals surface area (Å²) in [5.74, 6) is -10.4. The summed E-state index contributed by atoms with van der Waals surface area (Å²) in [4.78, 5) is 77.9. The summed E-state index contributed by atoms with van der Waals surface area (Å²) in [5.41, 5.74) is 0. The summed E-state index contributed by atoms with van der Waals surface area (Å²) in [6.07, 6.45) is -106. The zero-order valence-electron chi connectivity index (χ0n) is 76.4. The number of rotatable bonds is 41. The van der Waals surface area contributed by atoms with Crippen molar-refractivity contribution in [2.75, 3.05) is 66.1 Å². The summed E-state index contributed by atoms with van der Waals surface area (Å²) in [6.45, 7) is -5.14. The molecule has 10 saturated heterocycles. The van der Waals surface area contributed by atoms with Crippen molar-refractivity contribution in [3.05, 3.63) is 0 Å². The first-order valence-electron chi connectivity index (χ1n) is 44.9. The third-order valence-corrected chi connectivity index (χ3v) is 25.5. The number of carbonyl (C=O) groups is 6. The minimum absolute atomic E-state index is 0.885. The Hall–Kier alpha value is -5.18. The Morgan fingerprint density at radius 2 is 0.695 bits per heavy atom. The lowest BCUT2D eigenvalue weighted by Gasteiger charge is -2.52. The van der Waals surface area contributed by atoms with Crippen molar-refractivity contribution in [3.63, 3.8) is 0 Å². The molecule has 141 heavy (non-hydrogen) atoms. The number of carboxylic acid groups (broad SMARTS) is 1. The molecular weight excluding hydrogens is 1930 g/mol. The number of aliphatic carboxylic acids is 1. The Bertz CT molecular complexity index is 3940. The molecule has 0 aromatic carbocycles. The van der Waals surface area contributed by atoms with Crippen LogP contribution in [0.3, 0.4) is 0 Å². The van der Waals surface area contributed by atoms with E-state index in [2.05, 4.69) is 26.6 Å². The molecule has 10 aliphatic rings. The number of nitrogens with one attached hydrogen (secondary N) is 5. The number of ether oxygens (including phenoxy) is 20. The topological polar surface area (TPSA) is 974 Å². The van der Waals surface area contributed by atoms with Crippen molar-refractivity contribution < 1.29 is 282 Å². The van der Waals surface area contributed by atoms with Crippen LogP contribution in [0.5, 0.6) is 0 Å². The number of hydrogen-bond acceptors (Lipinski definition) is 56. The second-order valence-electron chi connectivity index (χ2n) is 35.7. The van der Waals surface area contributed by atoms with Crippen molar-refractivity contribution in [2.45, 2.75) is 392 Å². The molecule has 0 aliphatic carbocycles. The normalized spacial score (nSPS) is 45.9. The first-order valence-corrected chi connectivity index (χ1v) is 44.9. The highest BCUT2D eigenvalue weighted by atomic mass is 16.8. The number of hydrogen-bond donors (Lipinski definition) is 36. The molecule has 36 N–H and O–H groups in total. The van der Waals surface area contributed by atoms with Crippen LogP contribution in [-0.4, -0.2) is 597 Å². The molecule has 0 radical (unpaired) electrons. The van der Waals surface area contributed by atoms with E-state index in [1.54, 1.807) is 0 Å². The average Bonchev–Trinajstić information content (AvgIpc) is 0.767. The molecule has 55 atom stereocenters. The predicted octanol–water partition coefficient (Wildman–Crippen LogP) is -23.4. The van der Waals surface area contributed by atoms with Gasteiger partial charge in [-0.2, -0.15) is 0 Å². The van der Waals surface area contributed by atoms with E-state index in [9.17, 15) is 187 Å². The van der Waals surface area contributed by atoms with Crippen LogP contribution < -0.4 is 26.6 Å². The molecule has 62 nitrogen and oxygen atoms in total. The van der Waals surface area contributed by atoms with Crippen LogP contribution >= 0.6 is 0 Å². The molecule has 0 bridgehead atoms. The van der Waals surface area contributed by atoms with Gasteiger partial charge in [-0.25, -0.2) is 4.79 Å². The van der Waals surface area contributed by atoms with E-state index in [0.717, 1.165) is 34.6 Å². The van der Waals surface area contributed by atoms with E-state index >= 15 is 0 Å². The minimum Gasteiger partial charge on any atom is -0.477 e. The van der Waals surface area contributed by atoms with Crippen LogP contribution in [0, 0.1) is 0 Å². The first-order chi connectivity index (χ1) is 66.4. The standard InChI is InChI=1S/C79H133N5O57/c1-19-41(102)51(112)54(115)72(123-19)135-62-36(17-93)131-71(40(84-25(7)98)64(62)136-77-68(53(114)45(106)30(11-87)128-77)139-73-55(116)52(113)42(103)20(2)124-73)138-66-47(108)32(13-89)126-75(57(66)118)134-61-35(16-92)130-70(39(50(61)111)83-24(6)97)137-65-46(107)31(12-88)125-74(56(65)117)133-60-34(15-91)129-69(38(49(60)110)82-23(5)96)122-18-29(101)44(105)59(26(9-85)80-21(3)94)132-76-58(119)67(48(109)33(14-90)127-76)141-79(78(120)121)8-27(99)37(81-22(4)95)63(140-79)43(104)28(100)10-86/h19-20,26-77,85-93,99-119H,8-18H2,1-7H3,(H,80,94)(H,81,95)(H,82,96)(H,83,97)(H,84,98)(H,120,121)/t19-,20-,26-,27-,28+,29+,30+,31+,32+,33+,34+,35+,36+,37+,38+,39+,40+,41+,42+,43+,44-,45-,46-,47-,48-,49+,50+,51+,52+,53-,54-,55-,56+,57+,58+,59+,60+,61+,62+,63+,64+,65-,66-,67-,68+,69+,70-,71-,72-,73-,74-,75-,76-,77-,79-/m0/s1. The largest absolute Gasteiger partial charge is 0.477 e. The summed E-state index contributed by atoms with van der Waals surface area (Å²) in [7, 11) is 0. The Morgan fingerprint density at radius 3 is 1.13 bits per heavy atom. The van der Waals surface area contributed by atoms with E-state index in [0.29, 0.717) is 0 Å². The average molecular weight is 2060 g/mol. The van der Waals surface area contributed by atoms with Crippen LogP contribution in [0.2, 0.25) is 0 Å². The Kier molecular flexibility index (Phi) is 42.9. The second kappa shape index (κ2) is 51.4. The highest BCUT2D eigenvalue weighted by Gasteiger charge is 2.65. The number of aliphatic hydroxyl groups is 30. The molecule has 10 rings (SSSR count). The quantitative estimate of drug-likeness (QED) is 0.0270. The van der Waals surface area contributed by atoms with E-state index in [-0.39, 0.29) is 0 Å². The van der Waals surface area contributed by atoms with Gasteiger partial charge in [0, 0.05) is 41.0 Å². The van der Waals surface area contributed by atoms with Gasteiger partial charge in [0.15, 0.2) is 56.6 Å². The van der Waals surface area contributed by atoms with Crippen LogP contribution in [0.25, 0.3) is 0 Å². The van der Waals surface area contributed by atoms with Crippen LogP contribution in [-0.2, 0) is 124 Å². The van der Waals surface area contributed by atoms with Gasteiger partial charge in [-0.15, -0.1) is 0 Å². The van der Waals surface area contributed by atoms with Gasteiger partial charge in [-0.1, -0.05) is 0 Å². The monoisotopic (exact) mass is 2060 g/mol. The van der Waals surface area contributed by atoms with Gasteiger partial charge in [0.25, 0.3) is 5.79 Å². The van der Waals surface area contributed by atoms with Crippen molar-refractivity contribution in [3.8, 4) is 0 Å². The van der Waals surface area contributed by atoms with Gasteiger partial charge in [-0.05, 0) is 13.8 Å². The van der Waals surface area contributed by atoms with Gasteiger partial charge >= 0.3 is 5.97 Å². The lowest BCUT2D eigenvalue weighted by Crippen LogP contribution is -2.72. The third kappa shape index (κ3) is 26.6. The molecule has 0 saturated carbocycles. The molecular formula is C79H133N5O57. The maximum atomic E-state index is 13.6. The molecule has 0 spiro atoms. The summed E-state index contributed by atoms with van der Waals surface area (Å²) >= 11 is 0. The summed E-state index contributed by atoms with van der Waals surface area (Å²) in [5, 5.41) is 359. The maximum absolute atomic E-state index is 13.6. The molecule has 0 aromatic heterocycles. The van der Waals surface area contributed by atoms with Crippen molar-refractivity contribution >= 4 is 35.5 Å². The summed E-state index contributed by atoms with van der Waals surface area (Å²) < 4.78 is 119. The third-order valence-electron chi connectivity index (χ3n) is 25.5. The molecule has 0 aromatic rings. The minimum atomic E-state index is -3.32. The number of carboxylic acids is 1. The van der Waals surface area contributed by atoms with Crippen molar-refractivity contribution in [1.82, 2.24) is 26.6 Å². The highest BCUT2D eigenvalue weighted by Crippen LogP contribution is 2.44. The van der Waals surface area contributed by atoms with Crippen molar-refractivity contribution in [2.24, 2.45) is 0 Å². The summed E-state index contributed by atoms with van der Waals surface area (Å²) in [6, 6.07) is -9.74. The second-order valence-corrected chi connectivity index (χ2v) is 35.7. The zero-order valence-corrected chi connectivity index (χ0v) is 76.4. The molecule has 816 valence electrons. The van der Waals surface area contributed by atoms with Gasteiger partial charge in [-0.3, -0.25) is 24.0 Å². The molecule has 10 fully saturated rings.